The van der Waals surface area contributed by atoms with Gasteiger partial charge >= 0.3 is 11.7 Å². The molecule has 0 radical (unpaired) electrons. The minimum Gasteiger partial charge on any atom is -0.476 e. The number of fused-ring (bicyclic) bond motifs is 1. The lowest BCUT2D eigenvalue weighted by Gasteiger charge is -2.32. The first-order valence-corrected chi connectivity index (χ1v) is 10.4. The van der Waals surface area contributed by atoms with Crippen LogP contribution < -0.4 is 20.9 Å². The number of pyridine rings is 1. The maximum absolute atomic E-state index is 12.4. The highest BCUT2D eigenvalue weighted by molar-refractivity contribution is 5.81. The molecule has 0 aromatic carbocycles. The van der Waals surface area contributed by atoms with Crippen LogP contribution in [-0.4, -0.2) is 87.3 Å². The van der Waals surface area contributed by atoms with E-state index in [0.29, 0.717) is 30.3 Å². The second kappa shape index (κ2) is 9.31. The molecule has 11 heteroatoms. The van der Waals surface area contributed by atoms with Crippen molar-refractivity contribution in [2.45, 2.75) is 13.5 Å². The predicted molar refractivity (Wildman–Crippen MR) is 117 cm³/mol. The predicted octanol–water partition coefficient (Wildman–Crippen LogP) is 0.170. The molecule has 4 rings (SSSR count). The Bertz CT molecular complexity index is 1070. The fourth-order valence-corrected chi connectivity index (χ4v) is 3.49. The first kappa shape index (κ1) is 21.1. The average molecular weight is 428 g/mol. The molecule has 3 aromatic heterocycles. The Labute approximate surface area is 179 Å². The summed E-state index contributed by atoms with van der Waals surface area (Å²) in [7, 11) is 2.14. The number of nitrogens with zero attached hydrogens (tertiary/aromatic N) is 6. The molecule has 166 valence electrons. The van der Waals surface area contributed by atoms with E-state index in [4.69, 9.17) is 15.2 Å². The van der Waals surface area contributed by atoms with Gasteiger partial charge in [-0.1, -0.05) is 6.07 Å². The molecule has 3 aromatic rings. The summed E-state index contributed by atoms with van der Waals surface area (Å²) >= 11 is 0. The number of aromatic amines is 1. The number of rotatable bonds is 8. The summed E-state index contributed by atoms with van der Waals surface area (Å²) in [5.41, 5.74) is 7.25. The molecule has 1 fully saturated rings. The number of H-pyrrole nitrogens is 1. The van der Waals surface area contributed by atoms with Gasteiger partial charge in [0.2, 0.25) is 5.88 Å². The molecule has 0 amide bonds. The van der Waals surface area contributed by atoms with E-state index < -0.39 is 0 Å². The Morgan fingerprint density at radius 1 is 1.16 bits per heavy atom. The van der Waals surface area contributed by atoms with Gasteiger partial charge in [-0.05, 0) is 19.5 Å². The van der Waals surface area contributed by atoms with E-state index in [2.05, 4.69) is 36.8 Å². The van der Waals surface area contributed by atoms with Crippen molar-refractivity contribution in [1.29, 1.82) is 0 Å². The normalized spacial score (nSPS) is 15.4. The standard InChI is InChI=1S/C20H28N8O3/c1-3-30-19-24-17(21)16-18(25-19)28(20(29)23-16)13-14-4-5-15(22-12-14)31-11-10-27-8-6-26(2)7-9-27/h4-5,12H,3,6-11,13H2,1-2H3,(H,23,29)(H2,21,24,25). The van der Waals surface area contributed by atoms with Crippen molar-refractivity contribution in [3.8, 4) is 11.9 Å². The second-order valence-electron chi connectivity index (χ2n) is 7.54. The van der Waals surface area contributed by atoms with Gasteiger partial charge < -0.3 is 25.1 Å². The number of hydrogen-bond acceptors (Lipinski definition) is 9. The molecule has 0 saturated carbocycles. The van der Waals surface area contributed by atoms with Crippen LogP contribution in [0, 0.1) is 0 Å². The number of anilines is 1. The summed E-state index contributed by atoms with van der Waals surface area (Å²) in [6.07, 6.45) is 1.70. The Balaban J connectivity index is 1.40. The van der Waals surface area contributed by atoms with Crippen LogP contribution in [0.5, 0.6) is 11.9 Å². The molecule has 11 nitrogen and oxygen atoms in total. The topological polar surface area (TPSA) is 127 Å². The third-order valence-electron chi connectivity index (χ3n) is 5.30. The van der Waals surface area contributed by atoms with Gasteiger partial charge in [-0.15, -0.1) is 0 Å². The lowest BCUT2D eigenvalue weighted by molar-refractivity contribution is 0.132. The minimum absolute atomic E-state index is 0.141. The molecular formula is C20H28N8O3. The first-order valence-electron chi connectivity index (χ1n) is 10.4. The van der Waals surface area contributed by atoms with Crippen LogP contribution in [0.3, 0.4) is 0 Å². The molecule has 1 aliphatic heterocycles. The highest BCUT2D eigenvalue weighted by atomic mass is 16.5. The van der Waals surface area contributed by atoms with Gasteiger partial charge in [0, 0.05) is 45.0 Å². The van der Waals surface area contributed by atoms with Crippen LogP contribution in [0.4, 0.5) is 5.82 Å². The van der Waals surface area contributed by atoms with E-state index in [0.717, 1.165) is 38.3 Å². The van der Waals surface area contributed by atoms with Crippen LogP contribution in [0.25, 0.3) is 11.2 Å². The van der Waals surface area contributed by atoms with Crippen LogP contribution in [0.15, 0.2) is 23.1 Å². The third kappa shape index (κ3) is 4.94. The Morgan fingerprint density at radius 3 is 2.68 bits per heavy atom. The Kier molecular flexibility index (Phi) is 6.33. The largest absolute Gasteiger partial charge is 0.476 e. The van der Waals surface area contributed by atoms with E-state index in [1.165, 1.54) is 4.57 Å². The molecule has 4 heterocycles. The van der Waals surface area contributed by atoms with E-state index >= 15 is 0 Å². The average Bonchev–Trinajstić information content (AvgIpc) is 3.07. The lowest BCUT2D eigenvalue weighted by Crippen LogP contribution is -2.45. The van der Waals surface area contributed by atoms with Crippen LogP contribution >= 0.6 is 0 Å². The van der Waals surface area contributed by atoms with Gasteiger partial charge in [0.1, 0.15) is 12.1 Å². The Hall–Kier alpha value is -3.18. The van der Waals surface area contributed by atoms with E-state index in [-0.39, 0.29) is 24.1 Å². The number of nitrogen functional groups attached to an aromatic ring is 1. The fourth-order valence-electron chi connectivity index (χ4n) is 3.49. The molecule has 0 unspecified atom stereocenters. The van der Waals surface area contributed by atoms with Crippen molar-refractivity contribution in [3.05, 3.63) is 34.4 Å². The van der Waals surface area contributed by atoms with Gasteiger partial charge in [0.05, 0.1) is 13.2 Å². The molecule has 0 atom stereocenters. The molecular weight excluding hydrogens is 400 g/mol. The number of ether oxygens (including phenoxy) is 2. The zero-order valence-corrected chi connectivity index (χ0v) is 17.9. The number of imidazole rings is 1. The number of aromatic nitrogens is 5. The minimum atomic E-state index is -0.322. The first-order chi connectivity index (χ1) is 15.0. The SMILES string of the molecule is CCOc1nc(N)c2[nH]c(=O)n(Cc3ccc(OCCN4CCN(C)CC4)nc3)c2n1. The zero-order valence-electron chi connectivity index (χ0n) is 17.9. The van der Waals surface area contributed by atoms with E-state index in [1.54, 1.807) is 6.20 Å². The summed E-state index contributed by atoms with van der Waals surface area (Å²) in [5, 5.41) is 0. The molecule has 0 bridgehead atoms. The van der Waals surface area contributed by atoms with Crippen molar-refractivity contribution >= 4 is 17.0 Å². The summed E-state index contributed by atoms with van der Waals surface area (Å²) in [4.78, 5) is 32.6. The van der Waals surface area contributed by atoms with Crippen molar-refractivity contribution in [2.75, 3.05) is 58.7 Å². The van der Waals surface area contributed by atoms with Gasteiger partial charge in [-0.3, -0.25) is 9.47 Å². The van der Waals surface area contributed by atoms with Gasteiger partial charge in [-0.25, -0.2) is 9.78 Å². The third-order valence-corrected chi connectivity index (χ3v) is 5.30. The van der Waals surface area contributed by atoms with Crippen LogP contribution in [0.2, 0.25) is 0 Å². The van der Waals surface area contributed by atoms with Crippen molar-refractivity contribution in [1.82, 2.24) is 34.3 Å². The maximum atomic E-state index is 12.4. The number of nitrogens with one attached hydrogen (secondary N) is 1. The molecule has 0 spiro atoms. The van der Waals surface area contributed by atoms with Crippen molar-refractivity contribution in [2.24, 2.45) is 0 Å². The van der Waals surface area contributed by atoms with Gasteiger partial charge in [-0.2, -0.15) is 9.97 Å². The van der Waals surface area contributed by atoms with Crippen LogP contribution in [0.1, 0.15) is 12.5 Å². The number of nitrogens with two attached hydrogens (primary N) is 1. The Morgan fingerprint density at radius 2 is 1.97 bits per heavy atom. The van der Waals surface area contributed by atoms with E-state index in [9.17, 15) is 4.79 Å². The molecule has 3 N–H and O–H groups in total. The van der Waals surface area contributed by atoms with Crippen LogP contribution in [-0.2, 0) is 6.54 Å². The number of hydrogen-bond donors (Lipinski definition) is 2. The lowest BCUT2D eigenvalue weighted by atomic mass is 10.3. The molecule has 0 aliphatic carbocycles. The molecule has 31 heavy (non-hydrogen) atoms. The molecule has 1 aliphatic rings. The van der Waals surface area contributed by atoms with E-state index in [1.807, 2.05) is 19.1 Å². The summed E-state index contributed by atoms with van der Waals surface area (Å²) in [5.74, 6) is 0.737. The van der Waals surface area contributed by atoms with Crippen molar-refractivity contribution in [3.63, 3.8) is 0 Å². The number of piperazine rings is 1. The smallest absolute Gasteiger partial charge is 0.328 e. The highest BCUT2D eigenvalue weighted by Gasteiger charge is 2.15. The fraction of sp³-hybridized carbons (Fsp3) is 0.500. The van der Waals surface area contributed by atoms with Gasteiger partial charge in [0.25, 0.3) is 0 Å². The quantitative estimate of drug-likeness (QED) is 0.516. The summed E-state index contributed by atoms with van der Waals surface area (Å²) in [6.45, 7) is 8.28. The summed E-state index contributed by atoms with van der Waals surface area (Å²) < 4.78 is 12.6. The monoisotopic (exact) mass is 428 g/mol. The summed E-state index contributed by atoms with van der Waals surface area (Å²) in [6, 6.07) is 3.84. The second-order valence-corrected chi connectivity index (χ2v) is 7.54. The highest BCUT2D eigenvalue weighted by Crippen LogP contribution is 2.18. The molecule has 1 saturated heterocycles. The van der Waals surface area contributed by atoms with Crippen molar-refractivity contribution < 1.29 is 9.47 Å². The number of likely N-dealkylation sites (N-methyl/N-ethyl adjacent to an activating group) is 1. The van der Waals surface area contributed by atoms with Gasteiger partial charge in [0.15, 0.2) is 11.5 Å². The zero-order chi connectivity index (χ0) is 21.8. The maximum Gasteiger partial charge on any atom is 0.328 e.